The van der Waals surface area contributed by atoms with Crippen LogP contribution in [0.1, 0.15) is 11.6 Å². The highest BCUT2D eigenvalue weighted by Crippen LogP contribution is 2.31. The molecule has 3 aromatic rings. The summed E-state index contributed by atoms with van der Waals surface area (Å²) in [7, 11) is 3.22. The predicted octanol–water partition coefficient (Wildman–Crippen LogP) is 1.13. The van der Waals surface area contributed by atoms with Gasteiger partial charge in [-0.25, -0.2) is 4.68 Å². The highest BCUT2D eigenvalue weighted by atomic mass is 16.5. The summed E-state index contributed by atoms with van der Waals surface area (Å²) in [5, 5.41) is 16.8. The largest absolute Gasteiger partial charge is 0.493 e. The maximum atomic E-state index is 5.38. The number of aromatic nitrogens is 6. The molecule has 0 N–H and O–H groups in total. The van der Waals surface area contributed by atoms with Crippen LogP contribution in [0.15, 0.2) is 24.4 Å². The second kappa shape index (κ2) is 6.52. The van der Waals surface area contributed by atoms with Gasteiger partial charge in [-0.2, -0.15) is 0 Å². The molecule has 0 fully saturated rings. The standard InChI is InChI=1S/C16H18N6O3/c1-23-13-4-3-11(7-14(13)24-2)12-8-21(20-17-12)9-15-18-19-16-10-25-6-5-22(15)16/h3-4,7-8H,5-6,9-10H2,1-2H3. The normalized spacial score (nSPS) is 13.5. The summed E-state index contributed by atoms with van der Waals surface area (Å²) in [4.78, 5) is 0. The molecule has 0 radical (unpaired) electrons. The van der Waals surface area contributed by atoms with E-state index < -0.39 is 0 Å². The maximum Gasteiger partial charge on any atom is 0.161 e. The summed E-state index contributed by atoms with van der Waals surface area (Å²) in [6.07, 6.45) is 1.88. The maximum absolute atomic E-state index is 5.38. The Morgan fingerprint density at radius 1 is 1.12 bits per heavy atom. The fraction of sp³-hybridized carbons (Fsp3) is 0.375. The summed E-state index contributed by atoms with van der Waals surface area (Å²) in [6, 6.07) is 5.65. The summed E-state index contributed by atoms with van der Waals surface area (Å²) in [6.45, 7) is 2.44. The molecule has 0 saturated heterocycles. The summed E-state index contributed by atoms with van der Waals surface area (Å²) in [5.41, 5.74) is 1.66. The number of rotatable bonds is 5. The Bertz CT molecular complexity index is 888. The van der Waals surface area contributed by atoms with Gasteiger partial charge in [0.15, 0.2) is 23.1 Å². The first-order chi connectivity index (χ1) is 12.3. The van der Waals surface area contributed by atoms with Crippen molar-refractivity contribution in [3.05, 3.63) is 36.0 Å². The van der Waals surface area contributed by atoms with Gasteiger partial charge in [0.2, 0.25) is 0 Å². The van der Waals surface area contributed by atoms with Crippen molar-refractivity contribution in [1.29, 1.82) is 0 Å². The van der Waals surface area contributed by atoms with E-state index in [1.807, 2.05) is 24.4 Å². The van der Waals surface area contributed by atoms with Crippen LogP contribution < -0.4 is 9.47 Å². The number of hydrogen-bond acceptors (Lipinski definition) is 7. The molecule has 0 unspecified atom stereocenters. The molecule has 0 spiro atoms. The zero-order chi connectivity index (χ0) is 17.2. The van der Waals surface area contributed by atoms with E-state index in [4.69, 9.17) is 14.2 Å². The van der Waals surface area contributed by atoms with E-state index in [-0.39, 0.29) is 0 Å². The topological polar surface area (TPSA) is 89.1 Å². The van der Waals surface area contributed by atoms with E-state index in [0.29, 0.717) is 31.3 Å². The van der Waals surface area contributed by atoms with Crippen molar-refractivity contribution in [3.8, 4) is 22.8 Å². The molecule has 0 atom stereocenters. The zero-order valence-corrected chi connectivity index (χ0v) is 14.0. The third kappa shape index (κ3) is 2.93. The smallest absolute Gasteiger partial charge is 0.161 e. The second-order valence-corrected chi connectivity index (χ2v) is 5.61. The minimum absolute atomic E-state index is 0.501. The van der Waals surface area contributed by atoms with Crippen LogP contribution in [0.25, 0.3) is 11.3 Å². The lowest BCUT2D eigenvalue weighted by atomic mass is 10.1. The fourth-order valence-electron chi connectivity index (χ4n) is 2.82. The molecule has 0 amide bonds. The summed E-state index contributed by atoms with van der Waals surface area (Å²) < 4.78 is 19.8. The van der Waals surface area contributed by atoms with Crippen LogP contribution in [0, 0.1) is 0 Å². The average Bonchev–Trinajstić information content (AvgIpc) is 3.29. The highest BCUT2D eigenvalue weighted by molar-refractivity contribution is 5.63. The van der Waals surface area contributed by atoms with Crippen LogP contribution in [0.4, 0.5) is 0 Å². The molecule has 4 rings (SSSR count). The number of ether oxygens (including phenoxy) is 3. The predicted molar refractivity (Wildman–Crippen MR) is 87.3 cm³/mol. The summed E-state index contributed by atoms with van der Waals surface area (Å²) in [5.74, 6) is 3.03. The Hall–Kier alpha value is -2.94. The van der Waals surface area contributed by atoms with E-state index in [9.17, 15) is 0 Å². The molecule has 0 bridgehead atoms. The van der Waals surface area contributed by atoms with Gasteiger partial charge in [-0.15, -0.1) is 15.3 Å². The van der Waals surface area contributed by atoms with Gasteiger partial charge in [0.1, 0.15) is 18.8 Å². The second-order valence-electron chi connectivity index (χ2n) is 5.61. The first kappa shape index (κ1) is 15.6. The van der Waals surface area contributed by atoms with Gasteiger partial charge in [-0.1, -0.05) is 5.21 Å². The van der Waals surface area contributed by atoms with Gasteiger partial charge in [-0.05, 0) is 18.2 Å². The van der Waals surface area contributed by atoms with Crippen molar-refractivity contribution in [2.75, 3.05) is 20.8 Å². The lowest BCUT2D eigenvalue weighted by molar-refractivity contribution is 0.0805. The zero-order valence-electron chi connectivity index (χ0n) is 14.0. The van der Waals surface area contributed by atoms with Gasteiger partial charge in [-0.3, -0.25) is 0 Å². The Morgan fingerprint density at radius 2 is 2.00 bits per heavy atom. The first-order valence-electron chi connectivity index (χ1n) is 7.89. The fourth-order valence-corrected chi connectivity index (χ4v) is 2.82. The van der Waals surface area contributed by atoms with Crippen molar-refractivity contribution in [2.24, 2.45) is 0 Å². The molecule has 130 valence electrons. The highest BCUT2D eigenvalue weighted by Gasteiger charge is 2.17. The van der Waals surface area contributed by atoms with E-state index >= 15 is 0 Å². The van der Waals surface area contributed by atoms with E-state index in [1.54, 1.807) is 18.9 Å². The third-order valence-corrected chi connectivity index (χ3v) is 4.12. The van der Waals surface area contributed by atoms with E-state index in [1.165, 1.54) is 0 Å². The number of hydrogen-bond donors (Lipinski definition) is 0. The van der Waals surface area contributed by atoms with Crippen LogP contribution in [0.2, 0.25) is 0 Å². The Kier molecular flexibility index (Phi) is 4.06. The molecular weight excluding hydrogens is 324 g/mol. The van der Waals surface area contributed by atoms with Gasteiger partial charge in [0.05, 0.1) is 27.0 Å². The van der Waals surface area contributed by atoms with Crippen molar-refractivity contribution in [3.63, 3.8) is 0 Å². The molecule has 1 aliphatic rings. The Morgan fingerprint density at radius 3 is 2.84 bits per heavy atom. The minimum atomic E-state index is 0.501. The average molecular weight is 342 g/mol. The van der Waals surface area contributed by atoms with Crippen LogP contribution in [0.3, 0.4) is 0 Å². The van der Waals surface area contributed by atoms with Gasteiger partial charge in [0, 0.05) is 12.1 Å². The van der Waals surface area contributed by atoms with Crippen molar-refractivity contribution >= 4 is 0 Å². The van der Waals surface area contributed by atoms with E-state index in [2.05, 4.69) is 25.1 Å². The van der Waals surface area contributed by atoms with Crippen molar-refractivity contribution in [1.82, 2.24) is 29.8 Å². The quantitative estimate of drug-likeness (QED) is 0.687. The van der Waals surface area contributed by atoms with Crippen LogP contribution in [0.5, 0.6) is 11.5 Å². The number of fused-ring (bicyclic) bond motifs is 1. The van der Waals surface area contributed by atoms with Crippen LogP contribution >= 0.6 is 0 Å². The minimum Gasteiger partial charge on any atom is -0.493 e. The molecule has 2 aromatic heterocycles. The number of benzene rings is 1. The lowest BCUT2D eigenvalue weighted by Crippen LogP contribution is -2.19. The van der Waals surface area contributed by atoms with Crippen LogP contribution in [-0.4, -0.2) is 50.6 Å². The SMILES string of the molecule is COc1ccc(-c2cn(Cc3nnc4n3CCOC4)nn2)cc1OC. The molecule has 9 nitrogen and oxygen atoms in total. The molecule has 1 aromatic carbocycles. The third-order valence-electron chi connectivity index (χ3n) is 4.12. The van der Waals surface area contributed by atoms with Crippen molar-refractivity contribution < 1.29 is 14.2 Å². The number of methoxy groups -OCH3 is 2. The number of nitrogens with zero attached hydrogens (tertiary/aromatic N) is 6. The Labute approximate surface area is 144 Å². The molecule has 9 heteroatoms. The Balaban J connectivity index is 1.57. The first-order valence-corrected chi connectivity index (χ1v) is 7.89. The molecule has 1 aliphatic heterocycles. The lowest BCUT2D eigenvalue weighted by Gasteiger charge is -2.15. The molecular formula is C16H18N6O3. The molecule has 0 saturated carbocycles. The molecule has 0 aliphatic carbocycles. The van der Waals surface area contributed by atoms with Gasteiger partial charge < -0.3 is 18.8 Å². The van der Waals surface area contributed by atoms with Gasteiger partial charge in [0.25, 0.3) is 0 Å². The molecule has 25 heavy (non-hydrogen) atoms. The monoisotopic (exact) mass is 342 g/mol. The molecule has 3 heterocycles. The van der Waals surface area contributed by atoms with Crippen LogP contribution in [-0.2, 0) is 24.4 Å². The van der Waals surface area contributed by atoms with Gasteiger partial charge >= 0.3 is 0 Å². The van der Waals surface area contributed by atoms with Crippen molar-refractivity contribution in [2.45, 2.75) is 19.7 Å². The van der Waals surface area contributed by atoms with E-state index in [0.717, 1.165) is 29.5 Å². The summed E-state index contributed by atoms with van der Waals surface area (Å²) >= 11 is 0.